The number of esters is 2. The van der Waals surface area contributed by atoms with Gasteiger partial charge in [-0.1, -0.05) is 121 Å². The highest BCUT2D eigenvalue weighted by Crippen LogP contribution is 2.31. The van der Waals surface area contributed by atoms with E-state index in [1.165, 1.54) is 0 Å². The molecule has 0 heterocycles. The summed E-state index contributed by atoms with van der Waals surface area (Å²) in [5, 5.41) is 7.03. The molecule has 6 aromatic carbocycles. The quantitative estimate of drug-likeness (QED) is 0.0507. The minimum Gasteiger partial charge on any atom is -0.497 e. The van der Waals surface area contributed by atoms with Gasteiger partial charge in [0.2, 0.25) is 0 Å². The number of nitrogens with one attached hydrogen (secondary N) is 2. The molecule has 0 spiro atoms. The maximum atomic E-state index is 14.0. The number of benzene rings is 6. The van der Waals surface area contributed by atoms with E-state index in [9.17, 15) is 9.59 Å². The molecular weight excluding hydrogens is 781 g/mol. The Morgan fingerprint density at radius 3 is 1.18 bits per heavy atom. The molecule has 0 saturated carbocycles. The van der Waals surface area contributed by atoms with E-state index >= 15 is 0 Å². The zero-order valence-electron chi connectivity index (χ0n) is 35.8. The molecule has 10 heteroatoms. The third-order valence-electron chi connectivity index (χ3n) is 10.4. The molecule has 4 unspecified atom stereocenters. The first-order valence-corrected chi connectivity index (χ1v) is 20.9. The summed E-state index contributed by atoms with van der Waals surface area (Å²) in [4.78, 5) is 27.9. The molecule has 0 amide bonds. The monoisotopic (exact) mass is 836 g/mol. The van der Waals surface area contributed by atoms with Crippen LogP contribution in [0.4, 0.5) is 0 Å². The second-order valence-electron chi connectivity index (χ2n) is 15.1. The zero-order chi connectivity index (χ0) is 43.5. The Balaban J connectivity index is 1.20. The Bertz CT molecular complexity index is 2110. The van der Waals surface area contributed by atoms with E-state index < -0.39 is 24.1 Å². The standard InChI is InChI=1S/C52H56N2O8/c1-37(31-39-23-27-43(57-3)28-24-39)53-33-49(45-19-11-13-21-47(45)59-35-41-15-7-5-8-16-41)61-51(55)52(56)62-50(34-54-38(2)32-40-25-29-44(58-4)30-26-40)46-20-12-14-22-48(46)60-36-42-17-9-6-10-18-42/h5-30,37-38,49-50,53-54H,31-36H2,1-4H3. The smallest absolute Gasteiger partial charge is 0.418 e. The number of hydrogen-bond donors (Lipinski definition) is 2. The van der Waals surface area contributed by atoms with E-state index in [4.69, 9.17) is 28.4 Å². The maximum Gasteiger partial charge on any atom is 0.418 e. The molecule has 6 rings (SSSR count). The summed E-state index contributed by atoms with van der Waals surface area (Å²) in [5.41, 5.74) is 5.41. The van der Waals surface area contributed by atoms with Crippen LogP contribution in [-0.2, 0) is 45.1 Å². The summed E-state index contributed by atoms with van der Waals surface area (Å²) in [6.07, 6.45) is -0.391. The second kappa shape index (κ2) is 23.4. The van der Waals surface area contributed by atoms with Crippen LogP contribution in [0.2, 0.25) is 0 Å². The fourth-order valence-electron chi connectivity index (χ4n) is 7.00. The third kappa shape index (κ3) is 13.7. The molecule has 0 saturated heterocycles. The Kier molecular flexibility index (Phi) is 17.0. The van der Waals surface area contributed by atoms with Gasteiger partial charge in [-0.3, -0.25) is 0 Å². The first-order valence-electron chi connectivity index (χ1n) is 20.9. The van der Waals surface area contributed by atoms with Crippen molar-refractivity contribution in [3.05, 3.63) is 191 Å². The van der Waals surface area contributed by atoms with Gasteiger partial charge in [-0.15, -0.1) is 0 Å². The summed E-state index contributed by atoms with van der Waals surface area (Å²) in [7, 11) is 3.28. The van der Waals surface area contributed by atoms with Gasteiger partial charge in [0.25, 0.3) is 0 Å². The van der Waals surface area contributed by atoms with Gasteiger partial charge in [-0.05, 0) is 85.3 Å². The Hall–Kier alpha value is -6.62. The van der Waals surface area contributed by atoms with Crippen molar-refractivity contribution in [1.29, 1.82) is 0 Å². The lowest BCUT2D eigenvalue weighted by Gasteiger charge is -2.25. The SMILES string of the molecule is COc1ccc(CC(C)NCC(OC(=O)C(=O)OC(CNC(C)Cc2ccc(OC)cc2)c2ccccc2OCc2ccccc2)c2ccccc2OCc2ccccc2)cc1. The van der Waals surface area contributed by atoms with E-state index in [0.717, 1.165) is 33.8 Å². The Labute approximate surface area is 365 Å². The lowest BCUT2D eigenvalue weighted by atomic mass is 10.0. The average Bonchev–Trinajstić information content (AvgIpc) is 3.31. The van der Waals surface area contributed by atoms with Crippen LogP contribution in [0.3, 0.4) is 0 Å². The van der Waals surface area contributed by atoms with Crippen LogP contribution >= 0.6 is 0 Å². The molecule has 0 aliphatic carbocycles. The van der Waals surface area contributed by atoms with Gasteiger partial charge >= 0.3 is 11.9 Å². The first-order chi connectivity index (χ1) is 30.3. The molecule has 0 aliphatic rings. The van der Waals surface area contributed by atoms with Gasteiger partial charge in [0.05, 0.1) is 14.2 Å². The number of para-hydroxylation sites is 2. The van der Waals surface area contributed by atoms with Crippen LogP contribution < -0.4 is 29.6 Å². The predicted molar refractivity (Wildman–Crippen MR) is 240 cm³/mol. The first kappa shape index (κ1) is 44.9. The van der Waals surface area contributed by atoms with E-state index in [0.29, 0.717) is 48.7 Å². The van der Waals surface area contributed by atoms with Gasteiger partial charge in [0, 0.05) is 36.3 Å². The fourth-order valence-corrected chi connectivity index (χ4v) is 7.00. The van der Waals surface area contributed by atoms with Crippen molar-refractivity contribution in [2.24, 2.45) is 0 Å². The van der Waals surface area contributed by atoms with Gasteiger partial charge in [-0.25, -0.2) is 9.59 Å². The lowest BCUT2D eigenvalue weighted by molar-refractivity contribution is -0.174. The van der Waals surface area contributed by atoms with Gasteiger partial charge in [0.1, 0.15) is 48.4 Å². The van der Waals surface area contributed by atoms with Crippen molar-refractivity contribution >= 4 is 11.9 Å². The van der Waals surface area contributed by atoms with Gasteiger partial charge < -0.3 is 39.1 Å². The van der Waals surface area contributed by atoms with Crippen molar-refractivity contribution in [2.75, 3.05) is 27.3 Å². The number of methoxy groups -OCH3 is 2. The van der Waals surface area contributed by atoms with Crippen molar-refractivity contribution in [3.63, 3.8) is 0 Å². The van der Waals surface area contributed by atoms with Gasteiger partial charge in [-0.2, -0.15) is 0 Å². The fraction of sp³-hybridized carbons (Fsp3) is 0.269. The molecule has 0 aliphatic heterocycles. The molecule has 2 N–H and O–H groups in total. The van der Waals surface area contributed by atoms with E-state index in [2.05, 4.69) is 24.5 Å². The van der Waals surface area contributed by atoms with Crippen molar-refractivity contribution in [1.82, 2.24) is 10.6 Å². The summed E-state index contributed by atoms with van der Waals surface area (Å²) < 4.78 is 35.4. The van der Waals surface area contributed by atoms with Crippen molar-refractivity contribution < 1.29 is 38.0 Å². The number of carbonyl (C=O) groups is 2. The second-order valence-corrected chi connectivity index (χ2v) is 15.1. The van der Waals surface area contributed by atoms with E-state index in [1.54, 1.807) is 14.2 Å². The molecule has 0 aromatic heterocycles. The topological polar surface area (TPSA) is 114 Å². The Morgan fingerprint density at radius 2 is 0.806 bits per heavy atom. The highest BCUT2D eigenvalue weighted by atomic mass is 16.6. The normalized spacial score (nSPS) is 12.9. The molecule has 6 aromatic rings. The molecule has 62 heavy (non-hydrogen) atoms. The molecule has 0 radical (unpaired) electrons. The van der Waals surface area contributed by atoms with Crippen LogP contribution in [0.25, 0.3) is 0 Å². The number of carbonyl (C=O) groups excluding carboxylic acids is 2. The summed E-state index contributed by atoms with van der Waals surface area (Å²) in [6.45, 7) is 5.12. The minimum absolute atomic E-state index is 0.0169. The van der Waals surface area contributed by atoms with Crippen LogP contribution in [0.1, 0.15) is 59.4 Å². The molecule has 0 bridgehead atoms. The van der Waals surface area contributed by atoms with Crippen LogP contribution in [0, 0.1) is 0 Å². The zero-order valence-corrected chi connectivity index (χ0v) is 35.8. The predicted octanol–water partition coefficient (Wildman–Crippen LogP) is 9.17. The van der Waals surface area contributed by atoms with E-state index in [-0.39, 0.29) is 25.2 Å². The number of rotatable bonds is 22. The summed E-state index contributed by atoms with van der Waals surface area (Å²) in [5.74, 6) is 0.371. The largest absolute Gasteiger partial charge is 0.497 e. The van der Waals surface area contributed by atoms with Crippen molar-refractivity contribution in [2.45, 2.75) is 64.2 Å². The van der Waals surface area contributed by atoms with Crippen LogP contribution in [-0.4, -0.2) is 51.3 Å². The van der Waals surface area contributed by atoms with Crippen LogP contribution in [0.15, 0.2) is 158 Å². The highest BCUT2D eigenvalue weighted by Gasteiger charge is 2.30. The van der Waals surface area contributed by atoms with Crippen LogP contribution in [0.5, 0.6) is 23.0 Å². The Morgan fingerprint density at radius 1 is 0.452 bits per heavy atom. The summed E-state index contributed by atoms with van der Waals surface area (Å²) >= 11 is 0. The minimum atomic E-state index is -1.13. The maximum absolute atomic E-state index is 14.0. The van der Waals surface area contributed by atoms with Gasteiger partial charge in [0.15, 0.2) is 0 Å². The number of hydrogen-bond acceptors (Lipinski definition) is 10. The van der Waals surface area contributed by atoms with Crippen molar-refractivity contribution in [3.8, 4) is 23.0 Å². The highest BCUT2D eigenvalue weighted by molar-refractivity contribution is 6.29. The third-order valence-corrected chi connectivity index (χ3v) is 10.4. The molecule has 322 valence electrons. The number of ether oxygens (including phenoxy) is 6. The molecular formula is C52H56N2O8. The molecule has 0 fully saturated rings. The molecule has 10 nitrogen and oxygen atoms in total. The lowest BCUT2D eigenvalue weighted by Crippen LogP contribution is -2.36. The van der Waals surface area contributed by atoms with E-state index in [1.807, 2.05) is 158 Å². The average molecular weight is 837 g/mol. The molecule has 4 atom stereocenters. The summed E-state index contributed by atoms with van der Waals surface area (Å²) in [6, 6.07) is 50.2.